The quantitative estimate of drug-likeness (QED) is 0.763. The zero-order chi connectivity index (χ0) is 14.0. The molecule has 2 saturated heterocycles. The van der Waals surface area contributed by atoms with Crippen LogP contribution in [0.1, 0.15) is 39.0 Å². The van der Waals surface area contributed by atoms with Crippen molar-refractivity contribution in [3.63, 3.8) is 0 Å². The van der Waals surface area contributed by atoms with Crippen molar-refractivity contribution in [2.24, 2.45) is 5.92 Å². The van der Waals surface area contributed by atoms with E-state index >= 15 is 0 Å². The molecule has 6 heteroatoms. The second-order valence-electron chi connectivity index (χ2n) is 5.84. The van der Waals surface area contributed by atoms with Gasteiger partial charge in [-0.05, 0) is 39.0 Å². The minimum atomic E-state index is -3.17. The Morgan fingerprint density at radius 3 is 2.47 bits per heavy atom. The van der Waals surface area contributed by atoms with E-state index in [1.54, 1.807) is 0 Å². The molecule has 2 aliphatic heterocycles. The first kappa shape index (κ1) is 14.8. The third-order valence-electron chi connectivity index (χ3n) is 4.29. The van der Waals surface area contributed by atoms with Crippen molar-refractivity contribution in [3.8, 4) is 0 Å². The molecule has 110 valence electrons. The summed E-state index contributed by atoms with van der Waals surface area (Å²) in [4.78, 5) is 14.5. The van der Waals surface area contributed by atoms with Crippen molar-refractivity contribution < 1.29 is 13.2 Å². The lowest BCUT2D eigenvalue weighted by Gasteiger charge is -2.38. The summed E-state index contributed by atoms with van der Waals surface area (Å²) in [5.74, 6) is 0.00424. The average Bonchev–Trinajstić information content (AvgIpc) is 2.38. The Morgan fingerprint density at radius 1 is 1.11 bits per heavy atom. The van der Waals surface area contributed by atoms with Crippen LogP contribution in [0.5, 0.6) is 0 Å². The summed E-state index contributed by atoms with van der Waals surface area (Å²) in [6, 6.07) is 0.301. The summed E-state index contributed by atoms with van der Waals surface area (Å²) in [7, 11) is -3.17. The van der Waals surface area contributed by atoms with Crippen molar-refractivity contribution in [1.82, 2.24) is 9.21 Å². The second kappa shape index (κ2) is 5.79. The summed E-state index contributed by atoms with van der Waals surface area (Å²) in [6.07, 6.45) is 6.14. The van der Waals surface area contributed by atoms with Gasteiger partial charge >= 0.3 is 0 Å². The molecule has 2 atom stereocenters. The predicted octanol–water partition coefficient (Wildman–Crippen LogP) is 1.06. The standard InChI is InChI=1S/C13H24N2O3S/c1-11-6-3-4-9-15(11)13(16)12-7-5-8-14(10-12)19(2,17)18/h11-12H,3-10H2,1-2H3/t11-,12-/m0/s1. The fourth-order valence-electron chi connectivity index (χ4n) is 3.11. The third kappa shape index (κ3) is 3.48. The molecule has 0 spiro atoms. The van der Waals surface area contributed by atoms with E-state index in [9.17, 15) is 13.2 Å². The maximum atomic E-state index is 12.5. The number of amides is 1. The van der Waals surface area contributed by atoms with Crippen molar-refractivity contribution in [1.29, 1.82) is 0 Å². The highest BCUT2D eigenvalue weighted by molar-refractivity contribution is 7.88. The summed E-state index contributed by atoms with van der Waals surface area (Å²) in [6.45, 7) is 3.84. The topological polar surface area (TPSA) is 57.7 Å². The Bertz CT molecular complexity index is 435. The van der Waals surface area contributed by atoms with E-state index in [2.05, 4.69) is 6.92 Å². The Morgan fingerprint density at radius 2 is 1.84 bits per heavy atom. The van der Waals surface area contributed by atoms with Gasteiger partial charge in [-0.2, -0.15) is 0 Å². The minimum absolute atomic E-state index is 0.149. The number of carbonyl (C=O) groups excluding carboxylic acids is 1. The SMILES string of the molecule is C[C@H]1CCCCN1C(=O)[C@H]1CCCN(S(C)(=O)=O)C1. The van der Waals surface area contributed by atoms with Crippen molar-refractivity contribution >= 4 is 15.9 Å². The lowest BCUT2D eigenvalue weighted by molar-refractivity contribution is -0.140. The van der Waals surface area contributed by atoms with Gasteiger partial charge in [0.1, 0.15) is 0 Å². The summed E-state index contributed by atoms with van der Waals surface area (Å²) < 4.78 is 24.6. The van der Waals surface area contributed by atoms with E-state index in [4.69, 9.17) is 0 Å². The zero-order valence-corrected chi connectivity index (χ0v) is 12.7. The molecule has 19 heavy (non-hydrogen) atoms. The Kier molecular flexibility index (Phi) is 4.50. The molecule has 0 aromatic rings. The van der Waals surface area contributed by atoms with Crippen LogP contribution in [0.2, 0.25) is 0 Å². The second-order valence-corrected chi connectivity index (χ2v) is 7.82. The van der Waals surface area contributed by atoms with Gasteiger partial charge < -0.3 is 4.90 Å². The van der Waals surface area contributed by atoms with Crippen LogP contribution in [0.4, 0.5) is 0 Å². The molecule has 2 aliphatic rings. The van der Waals surface area contributed by atoms with Crippen LogP contribution in [0.25, 0.3) is 0 Å². The lowest BCUT2D eigenvalue weighted by Crippen LogP contribution is -2.50. The molecule has 0 bridgehead atoms. The number of rotatable bonds is 2. The molecule has 2 heterocycles. The fraction of sp³-hybridized carbons (Fsp3) is 0.923. The number of hydrogen-bond donors (Lipinski definition) is 0. The van der Waals surface area contributed by atoms with E-state index in [1.807, 2.05) is 4.90 Å². The van der Waals surface area contributed by atoms with E-state index in [0.29, 0.717) is 19.1 Å². The van der Waals surface area contributed by atoms with Gasteiger partial charge in [-0.3, -0.25) is 4.79 Å². The number of piperidine rings is 2. The molecule has 0 aromatic heterocycles. The molecule has 5 nitrogen and oxygen atoms in total. The molecule has 0 aromatic carbocycles. The zero-order valence-electron chi connectivity index (χ0n) is 11.8. The van der Waals surface area contributed by atoms with Gasteiger partial charge in [0.2, 0.25) is 15.9 Å². The first-order chi connectivity index (χ1) is 8.89. The van der Waals surface area contributed by atoms with Crippen LogP contribution in [-0.2, 0) is 14.8 Å². The number of sulfonamides is 1. The largest absolute Gasteiger partial charge is 0.340 e. The number of carbonyl (C=O) groups is 1. The molecule has 0 unspecified atom stereocenters. The molecular formula is C13H24N2O3S. The van der Waals surface area contributed by atoms with Crippen molar-refractivity contribution in [2.45, 2.75) is 45.1 Å². The van der Waals surface area contributed by atoms with Gasteiger partial charge in [0.25, 0.3) is 0 Å². The van der Waals surface area contributed by atoms with Crippen LogP contribution < -0.4 is 0 Å². The Balaban J connectivity index is 2.02. The Hall–Kier alpha value is -0.620. The summed E-state index contributed by atoms with van der Waals surface area (Å²) >= 11 is 0. The maximum Gasteiger partial charge on any atom is 0.227 e. The molecule has 0 aliphatic carbocycles. The van der Waals surface area contributed by atoms with Gasteiger partial charge in [0.15, 0.2) is 0 Å². The minimum Gasteiger partial charge on any atom is -0.340 e. The van der Waals surface area contributed by atoms with E-state index in [1.165, 1.54) is 17.0 Å². The van der Waals surface area contributed by atoms with Gasteiger partial charge in [0.05, 0.1) is 12.2 Å². The van der Waals surface area contributed by atoms with Crippen LogP contribution >= 0.6 is 0 Å². The van der Waals surface area contributed by atoms with Gasteiger partial charge in [-0.15, -0.1) is 0 Å². The molecule has 0 N–H and O–H groups in total. The Labute approximate surface area is 116 Å². The molecule has 0 radical (unpaired) electrons. The van der Waals surface area contributed by atoms with E-state index in [0.717, 1.165) is 32.2 Å². The first-order valence-corrected chi connectivity index (χ1v) is 9.00. The molecule has 0 saturated carbocycles. The maximum absolute atomic E-state index is 12.5. The lowest BCUT2D eigenvalue weighted by atomic mass is 9.95. The highest BCUT2D eigenvalue weighted by Crippen LogP contribution is 2.24. The van der Waals surface area contributed by atoms with Gasteiger partial charge in [-0.25, -0.2) is 12.7 Å². The van der Waals surface area contributed by atoms with Gasteiger partial charge in [0, 0.05) is 25.7 Å². The van der Waals surface area contributed by atoms with E-state index < -0.39 is 10.0 Å². The number of likely N-dealkylation sites (tertiary alicyclic amines) is 1. The van der Waals surface area contributed by atoms with Crippen molar-refractivity contribution in [3.05, 3.63) is 0 Å². The monoisotopic (exact) mass is 288 g/mol. The van der Waals surface area contributed by atoms with Crippen LogP contribution in [-0.4, -0.2) is 55.5 Å². The molecule has 2 fully saturated rings. The predicted molar refractivity (Wildman–Crippen MR) is 74.2 cm³/mol. The van der Waals surface area contributed by atoms with Crippen LogP contribution in [0.15, 0.2) is 0 Å². The first-order valence-electron chi connectivity index (χ1n) is 7.15. The van der Waals surface area contributed by atoms with Crippen molar-refractivity contribution in [2.75, 3.05) is 25.9 Å². The highest BCUT2D eigenvalue weighted by Gasteiger charge is 2.34. The fourth-order valence-corrected chi connectivity index (χ4v) is 4.02. The number of hydrogen-bond acceptors (Lipinski definition) is 3. The highest BCUT2D eigenvalue weighted by atomic mass is 32.2. The molecule has 2 rings (SSSR count). The summed E-state index contributed by atoms with van der Waals surface area (Å²) in [5, 5.41) is 0. The number of nitrogens with zero attached hydrogens (tertiary/aromatic N) is 2. The summed E-state index contributed by atoms with van der Waals surface area (Å²) in [5.41, 5.74) is 0. The van der Waals surface area contributed by atoms with E-state index in [-0.39, 0.29) is 11.8 Å². The normalized spacial score (nSPS) is 30.3. The smallest absolute Gasteiger partial charge is 0.227 e. The molecule has 1 amide bonds. The van der Waals surface area contributed by atoms with Gasteiger partial charge in [-0.1, -0.05) is 0 Å². The average molecular weight is 288 g/mol. The van der Waals surface area contributed by atoms with Crippen LogP contribution in [0.3, 0.4) is 0 Å². The van der Waals surface area contributed by atoms with Crippen LogP contribution in [0, 0.1) is 5.92 Å². The molecular weight excluding hydrogens is 264 g/mol. The third-order valence-corrected chi connectivity index (χ3v) is 5.56.